The van der Waals surface area contributed by atoms with Crippen molar-refractivity contribution in [2.24, 2.45) is 5.92 Å². The zero-order valence-electron chi connectivity index (χ0n) is 11.3. The zero-order valence-corrected chi connectivity index (χ0v) is 11.3. The Hall–Kier alpha value is -1.59. The minimum atomic E-state index is -0.418. The molecule has 6 nitrogen and oxygen atoms in total. The highest BCUT2D eigenvalue weighted by atomic mass is 16.6. The van der Waals surface area contributed by atoms with Gasteiger partial charge in [-0.05, 0) is 25.7 Å². The van der Waals surface area contributed by atoms with Gasteiger partial charge in [-0.25, -0.2) is 4.68 Å². The van der Waals surface area contributed by atoms with Gasteiger partial charge in [0.2, 0.25) is 5.82 Å². The second kappa shape index (κ2) is 3.96. The summed E-state index contributed by atoms with van der Waals surface area (Å²) in [4.78, 5) is 10.8. The van der Waals surface area contributed by atoms with Gasteiger partial charge in [-0.1, -0.05) is 20.8 Å². The van der Waals surface area contributed by atoms with Crippen LogP contribution in [0.5, 0.6) is 0 Å². The number of hydrogen-bond acceptors (Lipinski definition) is 4. The summed E-state index contributed by atoms with van der Waals surface area (Å²) < 4.78 is 1.64. The normalized spacial score (nSPS) is 17.8. The fourth-order valence-corrected chi connectivity index (χ4v) is 2.21. The first kappa shape index (κ1) is 12.9. The molecule has 0 radical (unpaired) electrons. The van der Waals surface area contributed by atoms with E-state index in [1.54, 1.807) is 4.68 Å². The Morgan fingerprint density at radius 3 is 2.39 bits per heavy atom. The first-order chi connectivity index (χ1) is 8.23. The lowest BCUT2D eigenvalue weighted by Gasteiger charge is -2.14. The van der Waals surface area contributed by atoms with Crippen molar-refractivity contribution in [3.8, 4) is 0 Å². The fourth-order valence-electron chi connectivity index (χ4n) is 2.21. The minimum Gasteiger partial charge on any atom is -0.378 e. The van der Waals surface area contributed by atoms with E-state index in [0.29, 0.717) is 11.6 Å². The van der Waals surface area contributed by atoms with Gasteiger partial charge in [0, 0.05) is 5.41 Å². The highest BCUT2D eigenvalue weighted by Gasteiger charge is 2.38. The number of nitrogen functional groups attached to an aromatic ring is 1. The third kappa shape index (κ3) is 2.07. The Bertz CT molecular complexity index is 483. The number of rotatable bonds is 3. The third-order valence-electron chi connectivity index (χ3n) is 3.50. The maximum absolute atomic E-state index is 11.2. The molecule has 1 aromatic rings. The summed E-state index contributed by atoms with van der Waals surface area (Å²) in [6, 6.07) is 0.139. The molecule has 0 aromatic carbocycles. The summed E-state index contributed by atoms with van der Waals surface area (Å²) in [6.07, 6.45) is 2.30. The lowest BCUT2D eigenvalue weighted by molar-refractivity contribution is -0.385. The number of anilines is 1. The van der Waals surface area contributed by atoms with E-state index in [0.717, 1.165) is 12.8 Å². The number of hydrogen-bond donors (Lipinski definition) is 1. The highest BCUT2D eigenvalue weighted by Crippen LogP contribution is 2.43. The molecule has 2 N–H and O–H groups in total. The summed E-state index contributed by atoms with van der Waals surface area (Å²) >= 11 is 0. The van der Waals surface area contributed by atoms with E-state index in [2.05, 4.69) is 5.10 Å². The average Bonchev–Trinajstić information content (AvgIpc) is 2.99. The summed E-state index contributed by atoms with van der Waals surface area (Å²) in [6.45, 7) is 7.76. The molecular weight excluding hydrogens is 232 g/mol. The molecular formula is C12H20N4O2. The SMILES string of the molecule is CC(C1CC1)n1nc(C(C)(C)C)c([N+](=O)[O-])c1N. The summed E-state index contributed by atoms with van der Waals surface area (Å²) in [7, 11) is 0. The molecule has 6 heteroatoms. The van der Waals surface area contributed by atoms with Gasteiger partial charge in [0.15, 0.2) is 0 Å². The van der Waals surface area contributed by atoms with Crippen molar-refractivity contribution in [2.75, 3.05) is 5.73 Å². The molecule has 1 atom stereocenters. The van der Waals surface area contributed by atoms with E-state index in [-0.39, 0.29) is 23.0 Å². The monoisotopic (exact) mass is 252 g/mol. The number of nitrogens with two attached hydrogens (primary N) is 1. The largest absolute Gasteiger partial charge is 0.378 e. The fraction of sp³-hybridized carbons (Fsp3) is 0.750. The Kier molecular flexibility index (Phi) is 2.83. The van der Waals surface area contributed by atoms with Crippen molar-refractivity contribution in [3.63, 3.8) is 0 Å². The van der Waals surface area contributed by atoms with E-state index >= 15 is 0 Å². The maximum Gasteiger partial charge on any atom is 0.334 e. The standard InChI is InChI=1S/C12H20N4O2/c1-7(8-5-6-8)15-11(13)9(16(17)18)10(14-15)12(2,3)4/h7-8H,5-6,13H2,1-4H3. The molecule has 18 heavy (non-hydrogen) atoms. The lowest BCUT2D eigenvalue weighted by atomic mass is 9.91. The van der Waals surface area contributed by atoms with Crippen LogP contribution in [0.15, 0.2) is 0 Å². The average molecular weight is 252 g/mol. The molecule has 1 aromatic heterocycles. The van der Waals surface area contributed by atoms with Gasteiger partial charge in [-0.2, -0.15) is 5.10 Å². The van der Waals surface area contributed by atoms with Crippen molar-refractivity contribution >= 4 is 11.5 Å². The van der Waals surface area contributed by atoms with Crippen LogP contribution in [0.25, 0.3) is 0 Å². The number of nitrogens with zero attached hydrogens (tertiary/aromatic N) is 3. The van der Waals surface area contributed by atoms with Crippen LogP contribution in [0, 0.1) is 16.0 Å². The molecule has 0 aliphatic heterocycles. The van der Waals surface area contributed by atoms with E-state index in [1.807, 2.05) is 27.7 Å². The van der Waals surface area contributed by atoms with E-state index in [4.69, 9.17) is 5.73 Å². The molecule has 1 saturated carbocycles. The Morgan fingerprint density at radius 1 is 1.50 bits per heavy atom. The minimum absolute atomic E-state index is 0.0324. The smallest absolute Gasteiger partial charge is 0.334 e. The van der Waals surface area contributed by atoms with Crippen LogP contribution < -0.4 is 5.73 Å². The highest BCUT2D eigenvalue weighted by molar-refractivity contribution is 5.58. The zero-order chi connectivity index (χ0) is 13.7. The van der Waals surface area contributed by atoms with Crippen molar-refractivity contribution in [1.29, 1.82) is 0 Å². The van der Waals surface area contributed by atoms with E-state index in [1.165, 1.54) is 0 Å². The Morgan fingerprint density at radius 2 is 2.06 bits per heavy atom. The van der Waals surface area contributed by atoms with Gasteiger partial charge in [0.05, 0.1) is 11.0 Å². The predicted octanol–water partition coefficient (Wildman–Crippen LogP) is 2.64. The molecule has 2 rings (SSSR count). The maximum atomic E-state index is 11.2. The van der Waals surface area contributed by atoms with Crippen molar-refractivity contribution in [1.82, 2.24) is 9.78 Å². The Balaban J connectivity index is 2.53. The van der Waals surface area contributed by atoms with Crippen LogP contribution >= 0.6 is 0 Å². The van der Waals surface area contributed by atoms with Crippen LogP contribution in [-0.2, 0) is 5.41 Å². The lowest BCUT2D eigenvalue weighted by Crippen LogP contribution is -2.16. The summed E-state index contributed by atoms with van der Waals surface area (Å²) in [5.74, 6) is 0.740. The van der Waals surface area contributed by atoms with Crippen LogP contribution in [0.3, 0.4) is 0 Å². The van der Waals surface area contributed by atoms with Crippen molar-refractivity contribution in [2.45, 2.75) is 52.0 Å². The molecule has 1 aliphatic carbocycles. The quantitative estimate of drug-likeness (QED) is 0.661. The predicted molar refractivity (Wildman–Crippen MR) is 69.4 cm³/mol. The van der Waals surface area contributed by atoms with Gasteiger partial charge in [-0.15, -0.1) is 0 Å². The molecule has 0 amide bonds. The summed E-state index contributed by atoms with van der Waals surface area (Å²) in [5, 5.41) is 15.6. The van der Waals surface area contributed by atoms with E-state index in [9.17, 15) is 10.1 Å². The van der Waals surface area contributed by atoms with Crippen molar-refractivity contribution in [3.05, 3.63) is 15.8 Å². The Labute approximate surface area is 106 Å². The molecule has 100 valence electrons. The molecule has 0 spiro atoms. The van der Waals surface area contributed by atoms with Crippen LogP contribution in [-0.4, -0.2) is 14.7 Å². The molecule has 1 fully saturated rings. The van der Waals surface area contributed by atoms with Crippen LogP contribution in [0.4, 0.5) is 11.5 Å². The first-order valence-corrected chi connectivity index (χ1v) is 6.26. The topological polar surface area (TPSA) is 87.0 Å². The van der Waals surface area contributed by atoms with Gasteiger partial charge >= 0.3 is 5.69 Å². The summed E-state index contributed by atoms with van der Waals surface area (Å²) in [5.41, 5.74) is 5.98. The van der Waals surface area contributed by atoms with E-state index < -0.39 is 4.92 Å². The number of aromatic nitrogens is 2. The molecule has 0 bridgehead atoms. The first-order valence-electron chi connectivity index (χ1n) is 6.26. The van der Waals surface area contributed by atoms with Gasteiger partial charge in [-0.3, -0.25) is 10.1 Å². The second-order valence-corrected chi connectivity index (χ2v) is 6.11. The van der Waals surface area contributed by atoms with Gasteiger partial charge in [0.25, 0.3) is 0 Å². The van der Waals surface area contributed by atoms with Gasteiger partial charge < -0.3 is 5.73 Å². The van der Waals surface area contributed by atoms with Gasteiger partial charge in [0.1, 0.15) is 5.69 Å². The van der Waals surface area contributed by atoms with Crippen LogP contribution in [0.2, 0.25) is 0 Å². The third-order valence-corrected chi connectivity index (χ3v) is 3.50. The second-order valence-electron chi connectivity index (χ2n) is 6.11. The molecule has 1 aliphatic rings. The van der Waals surface area contributed by atoms with Crippen molar-refractivity contribution < 1.29 is 4.92 Å². The molecule has 0 saturated heterocycles. The molecule has 1 heterocycles. The molecule has 1 unspecified atom stereocenters. The van der Waals surface area contributed by atoms with Crippen LogP contribution in [0.1, 0.15) is 52.3 Å². The number of nitro groups is 1.